The molecule has 5 nitrogen and oxygen atoms in total. The summed E-state index contributed by atoms with van der Waals surface area (Å²) in [5.74, 6) is 1.21. The van der Waals surface area contributed by atoms with Crippen LogP contribution in [-0.4, -0.2) is 9.78 Å². The number of hydrogen-bond acceptors (Lipinski definition) is 4. The second kappa shape index (κ2) is 13.2. The third kappa shape index (κ3) is 7.57. The van der Waals surface area contributed by atoms with Crippen LogP contribution in [-0.2, 0) is 37.3 Å². The van der Waals surface area contributed by atoms with Gasteiger partial charge in [-0.3, -0.25) is 4.68 Å². The molecule has 6 rings (SSSR count). The van der Waals surface area contributed by atoms with Crippen molar-refractivity contribution in [1.82, 2.24) is 9.78 Å². The van der Waals surface area contributed by atoms with Crippen molar-refractivity contribution in [1.29, 1.82) is 0 Å². The largest absolute Gasteiger partial charge is 0.509 e. The van der Waals surface area contributed by atoms with Gasteiger partial charge in [-0.15, -0.1) is 48.8 Å². The number of aromatic nitrogens is 2. The van der Waals surface area contributed by atoms with E-state index in [0.29, 0.717) is 11.5 Å². The molecule has 0 saturated heterocycles. The Balaban J connectivity index is 0.00000433. The Hall–Kier alpha value is -4.08. The van der Waals surface area contributed by atoms with E-state index in [0.717, 1.165) is 22.6 Å². The van der Waals surface area contributed by atoms with Crippen LogP contribution in [0.2, 0.25) is 0 Å². The summed E-state index contributed by atoms with van der Waals surface area (Å²) in [5.41, 5.74) is 7.77. The van der Waals surface area contributed by atoms with Crippen molar-refractivity contribution in [2.24, 2.45) is 0 Å². The number of hydrogen-bond donors (Lipinski definition) is 0. The Morgan fingerprint density at radius 3 is 1.81 bits per heavy atom. The van der Waals surface area contributed by atoms with Gasteiger partial charge in [0, 0.05) is 55.4 Å². The predicted molar refractivity (Wildman–Crippen MR) is 189 cm³/mol. The fraction of sp³-hybridized carbons (Fsp3) is 0.268. The minimum absolute atomic E-state index is 0. The maximum absolute atomic E-state index is 6.27. The molecule has 1 aliphatic heterocycles. The number of nitrogens with zero attached hydrogens (tertiary/aromatic N) is 4. The molecule has 0 spiro atoms. The van der Waals surface area contributed by atoms with E-state index in [1.807, 2.05) is 53.3 Å². The minimum Gasteiger partial charge on any atom is -0.509 e. The van der Waals surface area contributed by atoms with Gasteiger partial charge in [0.05, 0.1) is 6.20 Å². The summed E-state index contributed by atoms with van der Waals surface area (Å²) in [7, 11) is 0. The van der Waals surface area contributed by atoms with Gasteiger partial charge in [0.2, 0.25) is 0 Å². The van der Waals surface area contributed by atoms with E-state index in [2.05, 4.69) is 150 Å². The first kappa shape index (κ1) is 34.3. The van der Waals surface area contributed by atoms with Crippen LogP contribution in [0.15, 0.2) is 110 Å². The molecule has 2 heterocycles. The number of anilines is 2. The zero-order valence-electron chi connectivity index (χ0n) is 28.5. The molecule has 0 atom stereocenters. The molecule has 0 bridgehead atoms. The van der Waals surface area contributed by atoms with Crippen LogP contribution in [0.3, 0.4) is 0 Å². The molecule has 0 fully saturated rings. The van der Waals surface area contributed by atoms with Crippen LogP contribution in [0.25, 0.3) is 5.69 Å². The maximum atomic E-state index is 6.27. The molecule has 1 aliphatic rings. The molecule has 0 amide bonds. The van der Waals surface area contributed by atoms with Gasteiger partial charge in [-0.05, 0) is 57.7 Å². The first-order valence-electron chi connectivity index (χ1n) is 15.9. The van der Waals surface area contributed by atoms with E-state index >= 15 is 0 Å². The van der Waals surface area contributed by atoms with Crippen LogP contribution in [0.1, 0.15) is 77.6 Å². The third-order valence-electron chi connectivity index (χ3n) is 8.64. The quantitative estimate of drug-likeness (QED) is 0.154. The van der Waals surface area contributed by atoms with Crippen LogP contribution in [0, 0.1) is 18.8 Å². The van der Waals surface area contributed by atoms with Gasteiger partial charge in [0.15, 0.2) is 0 Å². The van der Waals surface area contributed by atoms with Gasteiger partial charge in [0.25, 0.3) is 0 Å². The molecule has 0 unspecified atom stereocenters. The maximum Gasteiger partial charge on any atom is 0.0534 e. The first-order chi connectivity index (χ1) is 21.8. The normalized spacial score (nSPS) is 13.5. The molecule has 5 aromatic rings. The van der Waals surface area contributed by atoms with E-state index in [1.54, 1.807) is 0 Å². The first-order valence-corrected chi connectivity index (χ1v) is 15.9. The second-order valence-corrected chi connectivity index (χ2v) is 14.6. The van der Waals surface area contributed by atoms with Gasteiger partial charge in [-0.25, -0.2) is 0 Å². The fourth-order valence-electron chi connectivity index (χ4n) is 5.47. The van der Waals surface area contributed by atoms with Crippen molar-refractivity contribution in [3.05, 3.63) is 151 Å². The molecule has 0 saturated carbocycles. The van der Waals surface area contributed by atoms with E-state index in [9.17, 15) is 0 Å². The molecular weight excluding hydrogens is 760 g/mol. The molecule has 47 heavy (non-hydrogen) atoms. The summed E-state index contributed by atoms with van der Waals surface area (Å²) in [6, 6.07) is 36.0. The van der Waals surface area contributed by atoms with Crippen LogP contribution >= 0.6 is 0 Å². The van der Waals surface area contributed by atoms with Gasteiger partial charge in [0.1, 0.15) is 0 Å². The van der Waals surface area contributed by atoms with Gasteiger partial charge in [-0.2, -0.15) is 17.2 Å². The van der Waals surface area contributed by atoms with Crippen LogP contribution in [0.5, 0.6) is 11.5 Å². The summed E-state index contributed by atoms with van der Waals surface area (Å²) in [5, 5.41) is 4.66. The zero-order valence-corrected chi connectivity index (χ0v) is 30.8. The second-order valence-electron chi connectivity index (χ2n) is 14.6. The zero-order chi connectivity index (χ0) is 32.7. The molecule has 6 heteroatoms. The Labute approximate surface area is 295 Å². The summed E-state index contributed by atoms with van der Waals surface area (Å²) in [6.45, 7) is 20.1. The van der Waals surface area contributed by atoms with Crippen LogP contribution < -0.4 is 14.5 Å². The Kier molecular flexibility index (Phi) is 9.62. The predicted octanol–water partition coefficient (Wildman–Crippen LogP) is 10.1. The van der Waals surface area contributed by atoms with Gasteiger partial charge in [-0.1, -0.05) is 91.8 Å². The fourth-order valence-corrected chi connectivity index (χ4v) is 5.47. The molecule has 1 aromatic heterocycles. The van der Waals surface area contributed by atoms with Crippen molar-refractivity contribution in [3.8, 4) is 17.2 Å². The van der Waals surface area contributed by atoms with Gasteiger partial charge >= 0.3 is 0 Å². The summed E-state index contributed by atoms with van der Waals surface area (Å²) in [4.78, 5) is 4.23. The monoisotopic (exact) mass is 802 g/mol. The Bertz CT molecular complexity index is 1830. The van der Waals surface area contributed by atoms with E-state index in [-0.39, 0.29) is 37.3 Å². The smallest absolute Gasteiger partial charge is 0.0534 e. The topological polar surface area (TPSA) is 33.5 Å². The average molecular weight is 803 g/mol. The van der Waals surface area contributed by atoms with Crippen molar-refractivity contribution in [2.75, 3.05) is 9.80 Å². The van der Waals surface area contributed by atoms with Crippen molar-refractivity contribution in [2.45, 2.75) is 71.6 Å². The van der Waals surface area contributed by atoms with E-state index in [4.69, 9.17) is 4.74 Å². The summed E-state index contributed by atoms with van der Waals surface area (Å²) < 4.78 is 8.12. The Morgan fingerprint density at radius 1 is 0.617 bits per heavy atom. The van der Waals surface area contributed by atoms with Crippen molar-refractivity contribution < 1.29 is 25.8 Å². The van der Waals surface area contributed by atoms with Gasteiger partial charge < -0.3 is 14.5 Å². The number of rotatable bonds is 7. The third-order valence-corrected chi connectivity index (χ3v) is 8.64. The molecule has 0 N–H and O–H groups in total. The number of benzene rings is 4. The van der Waals surface area contributed by atoms with E-state index in [1.165, 1.54) is 16.7 Å². The van der Waals surface area contributed by atoms with Crippen molar-refractivity contribution >= 4 is 11.4 Å². The minimum atomic E-state index is -0.177. The molecular formula is C41H43N4OPt-3. The average Bonchev–Trinajstić information content (AvgIpc) is 3.73. The summed E-state index contributed by atoms with van der Waals surface area (Å²) >= 11 is 0. The Morgan fingerprint density at radius 2 is 1.19 bits per heavy atom. The SMILES string of the molecule is CC(C)(C)c1cc(N2C=CN(c3[c-]c(Oc4[c-]c(-n5cc(C(C)(C)c6ccccc6)cn5)ccc4)ccc3)[CH-]2)cc(C(C)(C)C)c1.[Pt]. The molecule has 4 aromatic carbocycles. The molecule has 0 aliphatic carbocycles. The van der Waals surface area contributed by atoms with E-state index < -0.39 is 0 Å². The van der Waals surface area contributed by atoms with Crippen LogP contribution in [0.4, 0.5) is 11.4 Å². The van der Waals surface area contributed by atoms with Crippen molar-refractivity contribution in [3.63, 3.8) is 0 Å². The standard InChI is InChI=1S/C41H43N4O.Pt/c1-39(2,3)31-22-32(40(4,5)6)24-36(23-31)44-21-20-43(29-44)34-16-12-18-37(25-34)46-38-19-13-17-35(26-38)45-28-33(27-42-45)41(7,8)30-14-10-9-11-15-30;/h9-24,27-29H,1-8H3;/q-3;. The molecule has 246 valence electrons. The number of ether oxygens (including phenoxy) is 1. The molecule has 0 radical (unpaired) electrons. The summed E-state index contributed by atoms with van der Waals surface area (Å²) in [6.07, 6.45) is 8.13.